The molecule has 0 aromatic carbocycles. The number of rotatable bonds is 2. The first-order valence-electron chi connectivity index (χ1n) is 7.77. The fourth-order valence-corrected chi connectivity index (χ4v) is 3.10. The molecule has 22 heavy (non-hydrogen) atoms. The third kappa shape index (κ3) is 3.16. The summed E-state index contributed by atoms with van der Waals surface area (Å²) in [6, 6.07) is 0.446. The van der Waals surface area contributed by atoms with Crippen molar-refractivity contribution in [1.29, 1.82) is 0 Å². The molecule has 0 aromatic rings. The van der Waals surface area contributed by atoms with Crippen molar-refractivity contribution in [3.63, 3.8) is 0 Å². The van der Waals surface area contributed by atoms with E-state index in [0.29, 0.717) is 28.5 Å². The van der Waals surface area contributed by atoms with Crippen LogP contribution < -0.4 is 10.7 Å². The van der Waals surface area contributed by atoms with Gasteiger partial charge in [0.25, 0.3) is 0 Å². The van der Waals surface area contributed by atoms with Crippen LogP contribution in [0.3, 0.4) is 0 Å². The van der Waals surface area contributed by atoms with Gasteiger partial charge in [-0.15, -0.1) is 15.3 Å². The third-order valence-corrected chi connectivity index (χ3v) is 4.29. The van der Waals surface area contributed by atoms with Gasteiger partial charge in [0.2, 0.25) is 5.82 Å². The number of hydrogen-bond acceptors (Lipinski definition) is 5. The molecule has 2 N–H and O–H groups in total. The number of nitrogens with zero attached hydrogens (tertiary/aromatic N) is 5. The summed E-state index contributed by atoms with van der Waals surface area (Å²) in [5.41, 5.74) is 4.62. The first-order valence-corrected chi connectivity index (χ1v) is 8.18. The molecular weight excluding hydrogens is 298 g/mol. The second kappa shape index (κ2) is 6.51. The number of aromatic nitrogens is 5. The summed E-state index contributed by atoms with van der Waals surface area (Å²) in [7, 11) is 0. The fourth-order valence-electron chi connectivity index (χ4n) is 2.84. The Labute approximate surface area is 135 Å². The number of fused-ring (bicyclic) bond motifs is 1. The highest BCUT2D eigenvalue weighted by Gasteiger charge is 2.20. The van der Waals surface area contributed by atoms with Crippen LogP contribution in [0.5, 0.6) is 0 Å². The SMILES string of the molecule is Cc1nnc2n(NC(=S)NC3CCCCCC3)c(C)nnc1-2. The van der Waals surface area contributed by atoms with E-state index in [9.17, 15) is 0 Å². The molecule has 2 heterocycles. The van der Waals surface area contributed by atoms with Crippen LogP contribution in [0, 0.1) is 13.8 Å². The maximum atomic E-state index is 5.45. The molecule has 1 fully saturated rings. The maximum Gasteiger partial charge on any atom is 0.205 e. The van der Waals surface area contributed by atoms with Crippen molar-refractivity contribution < 1.29 is 0 Å². The Bertz CT molecular complexity index is 630. The summed E-state index contributed by atoms with van der Waals surface area (Å²) in [4.78, 5) is 0. The average molecular weight is 319 g/mol. The third-order valence-electron chi connectivity index (χ3n) is 4.08. The zero-order valence-electron chi connectivity index (χ0n) is 13.0. The molecule has 0 saturated heterocycles. The summed E-state index contributed by atoms with van der Waals surface area (Å²) in [6.45, 7) is 3.73. The van der Waals surface area contributed by atoms with E-state index in [1.165, 1.54) is 38.5 Å². The van der Waals surface area contributed by atoms with Crippen LogP contribution in [0.15, 0.2) is 0 Å². The first-order chi connectivity index (χ1) is 10.6. The van der Waals surface area contributed by atoms with Gasteiger partial charge in [-0.1, -0.05) is 25.7 Å². The van der Waals surface area contributed by atoms with E-state index < -0.39 is 0 Å². The van der Waals surface area contributed by atoms with Gasteiger partial charge in [-0.05, 0) is 38.9 Å². The molecule has 0 unspecified atom stereocenters. The number of nitrogens with one attached hydrogen (secondary N) is 2. The summed E-state index contributed by atoms with van der Waals surface area (Å²) in [5.74, 6) is 1.34. The van der Waals surface area contributed by atoms with E-state index in [0.717, 1.165) is 5.69 Å². The maximum absolute atomic E-state index is 5.45. The van der Waals surface area contributed by atoms with Crippen molar-refractivity contribution in [3.8, 4) is 11.5 Å². The van der Waals surface area contributed by atoms with Gasteiger partial charge >= 0.3 is 0 Å². The van der Waals surface area contributed by atoms with Crippen LogP contribution >= 0.6 is 12.2 Å². The molecule has 0 aromatic heterocycles. The molecule has 3 rings (SSSR count). The second-order valence-electron chi connectivity index (χ2n) is 5.81. The van der Waals surface area contributed by atoms with Gasteiger partial charge in [0.1, 0.15) is 5.82 Å². The minimum Gasteiger partial charge on any atom is -0.359 e. The van der Waals surface area contributed by atoms with Crippen molar-refractivity contribution in [1.82, 2.24) is 30.4 Å². The van der Waals surface area contributed by atoms with E-state index >= 15 is 0 Å². The van der Waals surface area contributed by atoms with Crippen LogP contribution in [0.1, 0.15) is 50.0 Å². The van der Waals surface area contributed by atoms with Crippen LogP contribution in [0.4, 0.5) is 0 Å². The van der Waals surface area contributed by atoms with Gasteiger partial charge in [-0.2, -0.15) is 5.10 Å². The lowest BCUT2D eigenvalue weighted by Gasteiger charge is -2.21. The van der Waals surface area contributed by atoms with Crippen molar-refractivity contribution in [2.24, 2.45) is 0 Å². The van der Waals surface area contributed by atoms with E-state index in [1.54, 1.807) is 4.68 Å². The van der Waals surface area contributed by atoms with Crippen LogP contribution in [-0.2, 0) is 0 Å². The van der Waals surface area contributed by atoms with Gasteiger partial charge in [0.15, 0.2) is 10.8 Å². The predicted molar refractivity (Wildman–Crippen MR) is 88.3 cm³/mol. The molecule has 0 radical (unpaired) electrons. The highest BCUT2D eigenvalue weighted by molar-refractivity contribution is 7.80. The molecular formula is C14H21N7S. The Kier molecular flexibility index (Phi) is 4.47. The largest absolute Gasteiger partial charge is 0.359 e. The molecule has 1 saturated carbocycles. The van der Waals surface area contributed by atoms with Crippen molar-refractivity contribution >= 4 is 17.3 Å². The second-order valence-corrected chi connectivity index (χ2v) is 6.22. The molecule has 7 nitrogen and oxygen atoms in total. The molecule has 0 bridgehead atoms. The number of thiocarbonyl (C=S) groups is 1. The van der Waals surface area contributed by atoms with Crippen LogP contribution in [0.25, 0.3) is 11.5 Å². The lowest BCUT2D eigenvalue weighted by molar-refractivity contribution is 0.533. The first kappa shape index (κ1) is 15.1. The quantitative estimate of drug-likeness (QED) is 0.646. The minimum absolute atomic E-state index is 0.446. The molecule has 0 amide bonds. The highest BCUT2D eigenvalue weighted by Crippen LogP contribution is 2.19. The van der Waals surface area contributed by atoms with Crippen molar-refractivity contribution in [3.05, 3.63) is 11.5 Å². The molecule has 0 atom stereocenters. The zero-order chi connectivity index (χ0) is 15.5. The van der Waals surface area contributed by atoms with Crippen molar-refractivity contribution in [2.75, 3.05) is 5.43 Å². The Morgan fingerprint density at radius 1 is 1.05 bits per heavy atom. The lowest BCUT2D eigenvalue weighted by atomic mass is 10.1. The van der Waals surface area contributed by atoms with Gasteiger partial charge < -0.3 is 5.32 Å². The topological polar surface area (TPSA) is 80.5 Å². The molecule has 118 valence electrons. The average Bonchev–Trinajstić information content (AvgIpc) is 2.71. The van der Waals surface area contributed by atoms with E-state index in [1.807, 2.05) is 13.8 Å². The monoisotopic (exact) mass is 319 g/mol. The van der Waals surface area contributed by atoms with Gasteiger partial charge in [-0.3, -0.25) is 5.43 Å². The highest BCUT2D eigenvalue weighted by atomic mass is 32.1. The van der Waals surface area contributed by atoms with Crippen LogP contribution in [0.2, 0.25) is 0 Å². The Hall–Kier alpha value is -1.83. The van der Waals surface area contributed by atoms with Gasteiger partial charge in [-0.25, -0.2) is 4.68 Å². The molecule has 8 heteroatoms. The minimum atomic E-state index is 0.446. The standard InChI is InChI=1S/C14H21N7S/c1-9-12-13(19-16-9)21(10(2)17-18-12)20-14(22)15-11-7-5-3-4-6-8-11/h11H,3-8H2,1-2H3,(H2,15,20,22). The van der Waals surface area contributed by atoms with Gasteiger partial charge in [0, 0.05) is 6.04 Å². The summed E-state index contributed by atoms with van der Waals surface area (Å²) < 4.78 is 1.74. The summed E-state index contributed by atoms with van der Waals surface area (Å²) in [6.07, 6.45) is 7.52. The number of hydrogen-bond donors (Lipinski definition) is 2. The molecule has 1 aliphatic carbocycles. The molecule has 3 aliphatic rings. The van der Waals surface area contributed by atoms with Crippen LogP contribution in [-0.4, -0.2) is 36.2 Å². The summed E-state index contributed by atoms with van der Waals surface area (Å²) >= 11 is 5.45. The Morgan fingerprint density at radius 3 is 2.50 bits per heavy atom. The molecule has 2 aliphatic heterocycles. The zero-order valence-corrected chi connectivity index (χ0v) is 13.8. The summed E-state index contributed by atoms with van der Waals surface area (Å²) in [5, 5.41) is 20.5. The fraction of sp³-hybridized carbons (Fsp3) is 0.643. The Balaban J connectivity index is 1.72. The van der Waals surface area contributed by atoms with Crippen molar-refractivity contribution in [2.45, 2.75) is 58.4 Å². The normalized spacial score (nSPS) is 16.5. The van der Waals surface area contributed by atoms with E-state index in [4.69, 9.17) is 12.2 Å². The lowest BCUT2D eigenvalue weighted by Crippen LogP contribution is -2.41. The number of aryl methyl sites for hydroxylation is 2. The van der Waals surface area contributed by atoms with Gasteiger partial charge in [0.05, 0.1) is 5.69 Å². The predicted octanol–water partition coefficient (Wildman–Crippen LogP) is 1.93. The molecule has 0 spiro atoms. The Morgan fingerprint density at radius 2 is 1.77 bits per heavy atom. The smallest absolute Gasteiger partial charge is 0.205 e. The van der Waals surface area contributed by atoms with E-state index in [2.05, 4.69) is 31.1 Å². The van der Waals surface area contributed by atoms with E-state index in [-0.39, 0.29) is 0 Å².